The molecule has 0 saturated carbocycles. The van der Waals surface area contributed by atoms with Crippen molar-refractivity contribution < 1.29 is 0 Å². The van der Waals surface area contributed by atoms with Gasteiger partial charge in [0.25, 0.3) is 0 Å². The number of aromatic amines is 1. The van der Waals surface area contributed by atoms with Crippen LogP contribution in [0.1, 0.15) is 45.0 Å². The summed E-state index contributed by atoms with van der Waals surface area (Å²) in [6.45, 7) is 10.4. The van der Waals surface area contributed by atoms with Crippen LogP contribution in [0.3, 0.4) is 0 Å². The van der Waals surface area contributed by atoms with Crippen molar-refractivity contribution in [1.29, 1.82) is 0 Å². The van der Waals surface area contributed by atoms with Crippen LogP contribution in [0.15, 0.2) is 18.2 Å². The molecule has 1 heterocycles. The number of hydrogen-bond donors (Lipinski definition) is 1. The maximum atomic E-state index is 4.36. The van der Waals surface area contributed by atoms with Crippen molar-refractivity contribution in [2.24, 2.45) is 0 Å². The molecule has 2 nitrogen and oxygen atoms in total. The van der Waals surface area contributed by atoms with Crippen LogP contribution in [-0.2, 0) is 0 Å². The predicted molar refractivity (Wildman–Crippen MR) is 66.3 cm³/mol. The van der Waals surface area contributed by atoms with Gasteiger partial charge in [0.15, 0.2) is 0 Å². The second kappa shape index (κ2) is 4.96. The standard InChI is InChI=1S/C11H14N2.C2H6/c1-7(2)9-4-5-10-11(6-9)13-8(3)12-10;1-2/h4-7H,1-3H3,(H,12,13);1-2H3. The fraction of sp³-hybridized carbons (Fsp3) is 0.462. The van der Waals surface area contributed by atoms with Crippen LogP contribution in [0.5, 0.6) is 0 Å². The Morgan fingerprint density at radius 1 is 1.20 bits per heavy atom. The maximum absolute atomic E-state index is 4.36. The highest BCUT2D eigenvalue weighted by atomic mass is 14.9. The fourth-order valence-corrected chi connectivity index (χ4v) is 1.51. The molecule has 0 spiro atoms. The lowest BCUT2D eigenvalue weighted by Crippen LogP contribution is -1.85. The van der Waals surface area contributed by atoms with Crippen LogP contribution >= 0.6 is 0 Å². The summed E-state index contributed by atoms with van der Waals surface area (Å²) in [5, 5.41) is 0. The van der Waals surface area contributed by atoms with E-state index in [1.807, 2.05) is 20.8 Å². The van der Waals surface area contributed by atoms with E-state index >= 15 is 0 Å². The lowest BCUT2D eigenvalue weighted by molar-refractivity contribution is 0.868. The highest BCUT2D eigenvalue weighted by Crippen LogP contribution is 2.19. The molecule has 15 heavy (non-hydrogen) atoms. The third-order valence-corrected chi connectivity index (χ3v) is 2.29. The maximum Gasteiger partial charge on any atom is 0.104 e. The molecule has 2 rings (SSSR count). The summed E-state index contributed by atoms with van der Waals surface area (Å²) in [5.41, 5.74) is 3.56. The zero-order valence-electron chi connectivity index (χ0n) is 10.3. The molecule has 0 radical (unpaired) electrons. The van der Waals surface area contributed by atoms with Crippen molar-refractivity contribution in [2.75, 3.05) is 0 Å². The minimum absolute atomic E-state index is 0.577. The Kier molecular flexibility index (Phi) is 3.89. The zero-order chi connectivity index (χ0) is 11.4. The summed E-state index contributed by atoms with van der Waals surface area (Å²) in [6, 6.07) is 6.40. The number of benzene rings is 1. The van der Waals surface area contributed by atoms with E-state index in [9.17, 15) is 0 Å². The summed E-state index contributed by atoms with van der Waals surface area (Å²) in [6.07, 6.45) is 0. The van der Waals surface area contributed by atoms with E-state index < -0.39 is 0 Å². The first-order valence-corrected chi connectivity index (χ1v) is 5.63. The topological polar surface area (TPSA) is 28.7 Å². The van der Waals surface area contributed by atoms with Crippen molar-refractivity contribution in [1.82, 2.24) is 9.97 Å². The summed E-state index contributed by atoms with van der Waals surface area (Å²) in [7, 11) is 0. The first-order chi connectivity index (χ1) is 7.16. The van der Waals surface area contributed by atoms with Crippen LogP contribution in [0.2, 0.25) is 0 Å². The van der Waals surface area contributed by atoms with Crippen molar-refractivity contribution >= 4 is 11.0 Å². The highest BCUT2D eigenvalue weighted by Gasteiger charge is 2.02. The van der Waals surface area contributed by atoms with E-state index in [-0.39, 0.29) is 0 Å². The molecule has 0 aliphatic carbocycles. The van der Waals surface area contributed by atoms with Gasteiger partial charge < -0.3 is 4.98 Å². The molecular weight excluding hydrogens is 184 g/mol. The number of H-pyrrole nitrogens is 1. The van der Waals surface area contributed by atoms with Gasteiger partial charge >= 0.3 is 0 Å². The van der Waals surface area contributed by atoms with Crippen LogP contribution in [-0.4, -0.2) is 9.97 Å². The smallest absolute Gasteiger partial charge is 0.104 e. The van der Waals surface area contributed by atoms with E-state index in [4.69, 9.17) is 0 Å². The monoisotopic (exact) mass is 204 g/mol. The number of fused-ring (bicyclic) bond motifs is 1. The average molecular weight is 204 g/mol. The average Bonchev–Trinajstić information content (AvgIpc) is 2.59. The molecule has 0 aliphatic heterocycles. The van der Waals surface area contributed by atoms with Gasteiger partial charge in [0.05, 0.1) is 11.0 Å². The summed E-state index contributed by atoms with van der Waals surface area (Å²) >= 11 is 0. The Morgan fingerprint density at radius 3 is 2.47 bits per heavy atom. The normalized spacial score (nSPS) is 10.3. The molecule has 2 heteroatoms. The molecule has 0 unspecified atom stereocenters. The number of nitrogens with one attached hydrogen (secondary N) is 1. The number of imidazole rings is 1. The second-order valence-electron chi connectivity index (χ2n) is 3.75. The highest BCUT2D eigenvalue weighted by molar-refractivity contribution is 5.75. The van der Waals surface area contributed by atoms with E-state index in [1.54, 1.807) is 0 Å². The second-order valence-corrected chi connectivity index (χ2v) is 3.75. The van der Waals surface area contributed by atoms with Gasteiger partial charge in [-0.15, -0.1) is 0 Å². The molecule has 1 aromatic heterocycles. The number of aryl methyl sites for hydroxylation is 1. The van der Waals surface area contributed by atoms with Gasteiger partial charge in [-0.3, -0.25) is 0 Å². The van der Waals surface area contributed by atoms with Crippen molar-refractivity contribution in [3.63, 3.8) is 0 Å². The van der Waals surface area contributed by atoms with Crippen molar-refractivity contribution in [3.8, 4) is 0 Å². The van der Waals surface area contributed by atoms with E-state index in [0.717, 1.165) is 16.9 Å². The molecule has 0 bridgehead atoms. The molecule has 1 N–H and O–H groups in total. The van der Waals surface area contributed by atoms with Gasteiger partial charge in [0.1, 0.15) is 5.82 Å². The molecule has 0 atom stereocenters. The first kappa shape index (κ1) is 11.8. The Bertz CT molecular complexity index is 427. The summed E-state index contributed by atoms with van der Waals surface area (Å²) < 4.78 is 0. The van der Waals surface area contributed by atoms with Crippen LogP contribution in [0.4, 0.5) is 0 Å². The minimum atomic E-state index is 0.577. The summed E-state index contributed by atoms with van der Waals surface area (Å²) in [4.78, 5) is 7.60. The number of hydrogen-bond acceptors (Lipinski definition) is 1. The molecular formula is C13H20N2. The van der Waals surface area contributed by atoms with Gasteiger partial charge in [0.2, 0.25) is 0 Å². The van der Waals surface area contributed by atoms with Crippen LogP contribution in [0.25, 0.3) is 11.0 Å². The zero-order valence-corrected chi connectivity index (χ0v) is 10.3. The van der Waals surface area contributed by atoms with Crippen molar-refractivity contribution in [3.05, 3.63) is 29.6 Å². The third kappa shape index (κ3) is 2.58. The number of rotatable bonds is 1. The van der Waals surface area contributed by atoms with Gasteiger partial charge in [0, 0.05) is 0 Å². The largest absolute Gasteiger partial charge is 0.342 e. The molecule has 2 aromatic rings. The molecule has 1 aromatic carbocycles. The summed E-state index contributed by atoms with van der Waals surface area (Å²) in [5.74, 6) is 1.56. The van der Waals surface area contributed by atoms with E-state index in [0.29, 0.717) is 5.92 Å². The lowest BCUT2D eigenvalue weighted by Gasteiger charge is -2.03. The van der Waals surface area contributed by atoms with Gasteiger partial charge in [-0.25, -0.2) is 4.98 Å². The first-order valence-electron chi connectivity index (χ1n) is 5.63. The Morgan fingerprint density at radius 2 is 1.87 bits per heavy atom. The molecule has 0 aliphatic rings. The van der Waals surface area contributed by atoms with E-state index in [2.05, 4.69) is 42.0 Å². The third-order valence-electron chi connectivity index (χ3n) is 2.29. The van der Waals surface area contributed by atoms with Gasteiger partial charge in [-0.1, -0.05) is 33.8 Å². The molecule has 0 saturated heterocycles. The predicted octanol–water partition coefficient (Wildman–Crippen LogP) is 4.02. The lowest BCUT2D eigenvalue weighted by atomic mass is 10.0. The van der Waals surface area contributed by atoms with Crippen LogP contribution in [0, 0.1) is 6.92 Å². The SMILES string of the molecule is CC.Cc1nc2ccc(C(C)C)cc2[nH]1. The number of nitrogens with zero attached hydrogens (tertiary/aromatic N) is 1. The minimum Gasteiger partial charge on any atom is -0.342 e. The quantitative estimate of drug-likeness (QED) is 0.746. The Balaban J connectivity index is 0.000000531. The van der Waals surface area contributed by atoms with E-state index in [1.165, 1.54) is 5.56 Å². The Labute approximate surface area is 91.7 Å². The van der Waals surface area contributed by atoms with Crippen LogP contribution < -0.4 is 0 Å². The Hall–Kier alpha value is -1.31. The van der Waals surface area contributed by atoms with Gasteiger partial charge in [-0.05, 0) is 30.5 Å². The molecule has 82 valence electrons. The molecule has 0 amide bonds. The fourth-order valence-electron chi connectivity index (χ4n) is 1.51. The van der Waals surface area contributed by atoms with Crippen molar-refractivity contribution in [2.45, 2.75) is 40.5 Å². The molecule has 0 fully saturated rings. The van der Waals surface area contributed by atoms with Gasteiger partial charge in [-0.2, -0.15) is 0 Å². The number of aromatic nitrogens is 2.